The van der Waals surface area contributed by atoms with Gasteiger partial charge < -0.3 is 9.52 Å². The number of nitrogens with zero attached hydrogens (tertiary/aromatic N) is 2. The van der Waals surface area contributed by atoms with E-state index in [1.54, 1.807) is 6.07 Å². The van der Waals surface area contributed by atoms with Crippen molar-refractivity contribution in [2.45, 2.75) is 0 Å². The molecular formula is C11H5FN2O3. The summed E-state index contributed by atoms with van der Waals surface area (Å²) >= 11 is 0. The number of nitriles is 1. The Morgan fingerprint density at radius 2 is 2.29 bits per heavy atom. The molecule has 0 aliphatic rings. The predicted molar refractivity (Wildman–Crippen MR) is 53.6 cm³/mol. The first-order chi connectivity index (χ1) is 8.11. The molecule has 6 heteroatoms. The van der Waals surface area contributed by atoms with E-state index in [1.807, 2.05) is 0 Å². The van der Waals surface area contributed by atoms with Gasteiger partial charge in [0, 0.05) is 5.56 Å². The van der Waals surface area contributed by atoms with Gasteiger partial charge in [0.05, 0.1) is 5.56 Å². The number of carboxylic acid groups (broad SMARTS) is 1. The molecule has 0 unspecified atom stereocenters. The molecule has 1 aromatic heterocycles. The molecule has 0 aliphatic carbocycles. The topological polar surface area (TPSA) is 87.1 Å². The molecule has 0 radical (unpaired) electrons. The fraction of sp³-hybridized carbons (Fsp3) is 0. The van der Waals surface area contributed by atoms with Gasteiger partial charge in [0.15, 0.2) is 5.69 Å². The van der Waals surface area contributed by atoms with Crippen molar-refractivity contribution in [1.29, 1.82) is 5.26 Å². The second-order valence-corrected chi connectivity index (χ2v) is 3.15. The Balaban J connectivity index is 2.43. The summed E-state index contributed by atoms with van der Waals surface area (Å²) in [6.07, 6.45) is 0.966. The highest BCUT2D eigenvalue weighted by molar-refractivity contribution is 5.85. The van der Waals surface area contributed by atoms with Crippen LogP contribution in [0.4, 0.5) is 4.39 Å². The smallest absolute Gasteiger partial charge is 0.357 e. The maximum absolute atomic E-state index is 13.3. The molecule has 1 N–H and O–H groups in total. The van der Waals surface area contributed by atoms with E-state index in [4.69, 9.17) is 14.8 Å². The minimum Gasteiger partial charge on any atom is -0.476 e. The second-order valence-electron chi connectivity index (χ2n) is 3.15. The monoisotopic (exact) mass is 232 g/mol. The predicted octanol–water partition coefficient (Wildman–Crippen LogP) is 2.05. The van der Waals surface area contributed by atoms with E-state index in [0.717, 1.165) is 12.3 Å². The van der Waals surface area contributed by atoms with Crippen molar-refractivity contribution in [1.82, 2.24) is 4.98 Å². The van der Waals surface area contributed by atoms with Crippen molar-refractivity contribution in [3.05, 3.63) is 41.5 Å². The first-order valence-corrected chi connectivity index (χ1v) is 4.50. The van der Waals surface area contributed by atoms with Gasteiger partial charge in [-0.2, -0.15) is 5.26 Å². The van der Waals surface area contributed by atoms with Crippen molar-refractivity contribution in [3.63, 3.8) is 0 Å². The molecule has 0 saturated heterocycles. The largest absolute Gasteiger partial charge is 0.476 e. The third-order valence-corrected chi connectivity index (χ3v) is 2.06. The summed E-state index contributed by atoms with van der Waals surface area (Å²) < 4.78 is 18.2. The molecule has 1 aromatic carbocycles. The van der Waals surface area contributed by atoms with Gasteiger partial charge in [0.2, 0.25) is 5.89 Å². The zero-order chi connectivity index (χ0) is 12.4. The van der Waals surface area contributed by atoms with Crippen LogP contribution in [0.2, 0.25) is 0 Å². The molecule has 2 rings (SSSR count). The molecule has 0 bridgehead atoms. The van der Waals surface area contributed by atoms with E-state index in [-0.39, 0.29) is 22.7 Å². The highest BCUT2D eigenvalue weighted by Gasteiger charge is 2.13. The van der Waals surface area contributed by atoms with Crippen LogP contribution >= 0.6 is 0 Å². The zero-order valence-electron chi connectivity index (χ0n) is 8.35. The van der Waals surface area contributed by atoms with Crippen LogP contribution in [-0.4, -0.2) is 16.1 Å². The molecule has 5 nitrogen and oxygen atoms in total. The molecular weight excluding hydrogens is 227 g/mol. The summed E-state index contributed by atoms with van der Waals surface area (Å²) in [5, 5.41) is 17.2. The van der Waals surface area contributed by atoms with Crippen molar-refractivity contribution in [2.24, 2.45) is 0 Å². The lowest BCUT2D eigenvalue weighted by molar-refractivity contribution is 0.0690. The van der Waals surface area contributed by atoms with Crippen LogP contribution in [0.5, 0.6) is 0 Å². The van der Waals surface area contributed by atoms with Crippen molar-refractivity contribution < 1.29 is 18.7 Å². The number of hydrogen-bond acceptors (Lipinski definition) is 4. The van der Waals surface area contributed by atoms with Crippen molar-refractivity contribution in [3.8, 4) is 17.5 Å². The maximum atomic E-state index is 13.3. The number of aromatic nitrogens is 1. The summed E-state index contributed by atoms with van der Waals surface area (Å²) in [5.74, 6) is -1.94. The Morgan fingerprint density at radius 3 is 2.82 bits per heavy atom. The fourth-order valence-corrected chi connectivity index (χ4v) is 1.24. The van der Waals surface area contributed by atoms with E-state index in [1.165, 1.54) is 12.1 Å². The number of aromatic carboxylic acids is 1. The molecule has 1 heterocycles. The zero-order valence-corrected chi connectivity index (χ0v) is 8.35. The molecule has 0 fully saturated rings. The van der Waals surface area contributed by atoms with Crippen LogP contribution in [0.1, 0.15) is 16.1 Å². The Morgan fingerprint density at radius 1 is 1.53 bits per heavy atom. The van der Waals surface area contributed by atoms with Crippen LogP contribution in [0.3, 0.4) is 0 Å². The van der Waals surface area contributed by atoms with Crippen LogP contribution < -0.4 is 0 Å². The number of halogens is 1. The van der Waals surface area contributed by atoms with E-state index in [9.17, 15) is 9.18 Å². The Labute approximate surface area is 94.7 Å². The van der Waals surface area contributed by atoms with Gasteiger partial charge >= 0.3 is 5.97 Å². The maximum Gasteiger partial charge on any atom is 0.357 e. The molecule has 0 aliphatic heterocycles. The third kappa shape index (κ3) is 1.99. The number of rotatable bonds is 2. The summed E-state index contributed by atoms with van der Waals surface area (Å²) in [6, 6.07) is 5.45. The minimum absolute atomic E-state index is 0.00853. The van der Waals surface area contributed by atoms with Gasteiger partial charge in [-0.3, -0.25) is 0 Å². The average Bonchev–Trinajstić information content (AvgIpc) is 2.78. The third-order valence-electron chi connectivity index (χ3n) is 2.06. The Hall–Kier alpha value is -2.68. The van der Waals surface area contributed by atoms with Crippen molar-refractivity contribution >= 4 is 5.97 Å². The normalized spacial score (nSPS) is 9.88. The lowest BCUT2D eigenvalue weighted by Crippen LogP contribution is -1.95. The highest BCUT2D eigenvalue weighted by atomic mass is 19.1. The molecule has 84 valence electrons. The second kappa shape index (κ2) is 4.06. The Bertz CT molecular complexity index is 628. The molecule has 0 atom stereocenters. The number of oxazole rings is 1. The summed E-state index contributed by atoms with van der Waals surface area (Å²) in [5.41, 5.74) is -0.0856. The van der Waals surface area contributed by atoms with Crippen LogP contribution in [-0.2, 0) is 0 Å². The van der Waals surface area contributed by atoms with Gasteiger partial charge in [-0.15, -0.1) is 0 Å². The SMILES string of the molecule is N#Cc1ccc(-c2nc(C(=O)O)co2)cc1F. The molecule has 0 saturated carbocycles. The van der Waals surface area contributed by atoms with Gasteiger partial charge in [-0.25, -0.2) is 14.2 Å². The van der Waals surface area contributed by atoms with Crippen LogP contribution in [0, 0.1) is 17.1 Å². The van der Waals surface area contributed by atoms with Crippen LogP contribution in [0.15, 0.2) is 28.9 Å². The highest BCUT2D eigenvalue weighted by Crippen LogP contribution is 2.21. The fourth-order valence-electron chi connectivity index (χ4n) is 1.24. The van der Waals surface area contributed by atoms with Gasteiger partial charge in [0.1, 0.15) is 18.1 Å². The Kier molecular flexibility index (Phi) is 2.58. The summed E-state index contributed by atoms with van der Waals surface area (Å²) in [7, 11) is 0. The molecule has 2 aromatic rings. The minimum atomic E-state index is -1.23. The molecule has 0 amide bonds. The van der Waals surface area contributed by atoms with Gasteiger partial charge in [-0.05, 0) is 18.2 Å². The van der Waals surface area contributed by atoms with E-state index < -0.39 is 11.8 Å². The number of benzene rings is 1. The number of hydrogen-bond donors (Lipinski definition) is 1. The number of carbonyl (C=O) groups is 1. The summed E-state index contributed by atoms with van der Waals surface area (Å²) in [6.45, 7) is 0. The average molecular weight is 232 g/mol. The first-order valence-electron chi connectivity index (χ1n) is 4.50. The summed E-state index contributed by atoms with van der Waals surface area (Å²) in [4.78, 5) is 14.2. The quantitative estimate of drug-likeness (QED) is 0.856. The van der Waals surface area contributed by atoms with Crippen LogP contribution in [0.25, 0.3) is 11.5 Å². The first kappa shape index (κ1) is 10.8. The van der Waals surface area contributed by atoms with E-state index in [2.05, 4.69) is 4.98 Å². The lowest BCUT2D eigenvalue weighted by Gasteiger charge is -1.96. The van der Waals surface area contributed by atoms with Gasteiger partial charge in [0.25, 0.3) is 0 Å². The van der Waals surface area contributed by atoms with E-state index >= 15 is 0 Å². The lowest BCUT2D eigenvalue weighted by atomic mass is 10.1. The van der Waals surface area contributed by atoms with Crippen molar-refractivity contribution in [2.75, 3.05) is 0 Å². The molecule has 17 heavy (non-hydrogen) atoms. The molecule has 0 spiro atoms. The van der Waals surface area contributed by atoms with E-state index in [0.29, 0.717) is 0 Å². The van der Waals surface area contributed by atoms with Gasteiger partial charge in [-0.1, -0.05) is 0 Å². The number of carboxylic acids is 1. The standard InChI is InChI=1S/C11H5FN2O3/c12-8-3-6(1-2-7(8)4-13)10-14-9(5-17-10)11(15)16/h1-3,5H,(H,15,16).